The zero-order valence-electron chi connectivity index (χ0n) is 40.5. The molecule has 0 aromatic heterocycles. The molecule has 26 heteroatoms. The third-order valence-corrected chi connectivity index (χ3v) is 17.6. The average molecular weight is 1050 g/mol. The van der Waals surface area contributed by atoms with E-state index in [0.29, 0.717) is 56.9 Å². The van der Waals surface area contributed by atoms with E-state index in [1.807, 2.05) is 0 Å². The van der Waals surface area contributed by atoms with Crippen molar-refractivity contribution in [1.29, 1.82) is 0 Å². The number of hydrogen-bond acceptors (Lipinski definition) is 25. The van der Waals surface area contributed by atoms with Gasteiger partial charge in [0.05, 0.1) is 30.8 Å². The molecule has 0 amide bonds. The van der Waals surface area contributed by atoms with Gasteiger partial charge in [0.15, 0.2) is 18.9 Å². The summed E-state index contributed by atoms with van der Waals surface area (Å²) in [6.45, 7) is 5.23. The highest BCUT2D eigenvalue weighted by atomic mass is 16.8. The summed E-state index contributed by atoms with van der Waals surface area (Å²) >= 11 is 0. The molecule has 8 fully saturated rings. The van der Waals surface area contributed by atoms with Crippen molar-refractivity contribution in [2.75, 3.05) is 26.4 Å². The number of rotatable bonds is 15. The van der Waals surface area contributed by atoms with Crippen LogP contribution < -0.4 is 0 Å². The maximum Gasteiger partial charge on any atom is 0.317 e. The van der Waals surface area contributed by atoms with Crippen molar-refractivity contribution in [3.63, 3.8) is 0 Å². The topological polar surface area (TPSA) is 418 Å². The first-order valence-electron chi connectivity index (χ1n) is 24.9. The first kappa shape index (κ1) is 56.6. The summed E-state index contributed by atoms with van der Waals surface area (Å²) in [7, 11) is 0. The fourth-order valence-corrected chi connectivity index (χ4v) is 13.8. The molecular formula is C47H72O26. The summed E-state index contributed by atoms with van der Waals surface area (Å²) in [4.78, 5) is 37.4. The molecule has 73 heavy (non-hydrogen) atoms. The first-order valence-corrected chi connectivity index (χ1v) is 24.9. The zero-order valence-corrected chi connectivity index (χ0v) is 40.5. The number of aliphatic hydroxyl groups excluding tert-OH is 13. The van der Waals surface area contributed by atoms with Crippen LogP contribution in [0.4, 0.5) is 0 Å². The normalized spacial score (nSPS) is 50.9. The Hall–Kier alpha value is -2.65. The highest BCUT2D eigenvalue weighted by Gasteiger charge is 2.70. The summed E-state index contributed by atoms with van der Waals surface area (Å²) in [5.74, 6) is -3.65. The van der Waals surface area contributed by atoms with Crippen LogP contribution in [0.15, 0.2) is 12.2 Å². The summed E-state index contributed by atoms with van der Waals surface area (Å²) in [5.41, 5.74) is -2.65. The lowest BCUT2D eigenvalue weighted by atomic mass is 9.41. The molecule has 8 rings (SSSR count). The van der Waals surface area contributed by atoms with Gasteiger partial charge in [0, 0.05) is 0 Å². The summed E-state index contributed by atoms with van der Waals surface area (Å²) in [5, 5.41) is 148. The SMILES string of the molecule is C=C1C[C@@]23CC[C@H]4[C@@](C)(CCC[C@@]4(C)C(=O)O[C@@H]4O[C@H](COC(=O)CC(=O)O)[C@@H](O)[C@H](O)[C@H]4O)[C@@H]2CC[C@@]1(O[C@@H]1O[C@H](CO)[C@@H](O)[C@H](O[C@@H]2O[C@H](CO)[C@@H](O)[C@H](O)[C@H]2O)[C@H]1O[C@@H]1O[C@H](CO)[C@@H](O)[C@H](O)[C@H]1O)C3. The molecule has 1 spiro atoms. The van der Waals surface area contributed by atoms with Gasteiger partial charge in [-0.1, -0.05) is 19.9 Å². The van der Waals surface area contributed by atoms with E-state index in [4.69, 9.17) is 47.7 Å². The van der Waals surface area contributed by atoms with Crippen LogP contribution in [0.3, 0.4) is 0 Å². The molecule has 0 unspecified atom stereocenters. The maximum absolute atomic E-state index is 14.5. The Balaban J connectivity index is 1.03. The van der Waals surface area contributed by atoms with Crippen LogP contribution >= 0.6 is 0 Å². The van der Waals surface area contributed by atoms with Gasteiger partial charge in [-0.15, -0.1) is 0 Å². The number of aliphatic hydroxyl groups is 13. The van der Waals surface area contributed by atoms with Crippen LogP contribution in [0.25, 0.3) is 0 Å². The number of carboxylic acids is 1. The highest BCUT2D eigenvalue weighted by Crippen LogP contribution is 2.74. The van der Waals surface area contributed by atoms with E-state index in [1.165, 1.54) is 0 Å². The fourth-order valence-electron chi connectivity index (χ4n) is 13.8. The first-order chi connectivity index (χ1) is 34.4. The number of hydrogen-bond donors (Lipinski definition) is 14. The van der Waals surface area contributed by atoms with E-state index in [-0.39, 0.29) is 11.8 Å². The molecule has 14 N–H and O–H groups in total. The molecule has 4 aliphatic carbocycles. The van der Waals surface area contributed by atoms with Crippen molar-refractivity contribution in [3.05, 3.63) is 12.2 Å². The largest absolute Gasteiger partial charge is 0.481 e. The molecule has 26 atom stereocenters. The summed E-state index contributed by atoms with van der Waals surface area (Å²) in [6, 6.07) is 0. The predicted octanol–water partition coefficient (Wildman–Crippen LogP) is -5.09. The van der Waals surface area contributed by atoms with Crippen LogP contribution in [0.5, 0.6) is 0 Å². The number of carboxylic acid groups (broad SMARTS) is 1. The van der Waals surface area contributed by atoms with Gasteiger partial charge >= 0.3 is 17.9 Å². The van der Waals surface area contributed by atoms with E-state index in [0.717, 1.165) is 6.42 Å². The van der Waals surface area contributed by atoms with E-state index >= 15 is 0 Å². The monoisotopic (exact) mass is 1050 g/mol. The number of aliphatic carboxylic acids is 1. The second-order valence-electron chi connectivity index (χ2n) is 21.9. The van der Waals surface area contributed by atoms with E-state index in [9.17, 15) is 80.8 Å². The number of carbonyl (C=O) groups is 3. The van der Waals surface area contributed by atoms with Gasteiger partial charge in [-0.3, -0.25) is 14.4 Å². The van der Waals surface area contributed by atoms with E-state index < -0.39 is 195 Å². The third-order valence-electron chi connectivity index (χ3n) is 17.6. The van der Waals surface area contributed by atoms with Crippen LogP contribution in [-0.2, 0) is 57.0 Å². The quantitative estimate of drug-likeness (QED) is 0.0316. The lowest BCUT2D eigenvalue weighted by Crippen LogP contribution is -2.68. The summed E-state index contributed by atoms with van der Waals surface area (Å²) < 4.78 is 53.3. The molecule has 8 aliphatic rings. The van der Waals surface area contributed by atoms with Crippen LogP contribution in [0, 0.1) is 28.1 Å². The molecule has 4 saturated carbocycles. The number of esters is 2. The van der Waals surface area contributed by atoms with Gasteiger partial charge in [0.25, 0.3) is 0 Å². The van der Waals surface area contributed by atoms with Crippen LogP contribution in [0.2, 0.25) is 0 Å². The van der Waals surface area contributed by atoms with Gasteiger partial charge in [-0.05, 0) is 86.5 Å². The van der Waals surface area contributed by atoms with Crippen molar-refractivity contribution in [2.24, 2.45) is 28.1 Å². The maximum atomic E-state index is 14.5. The molecule has 0 aromatic carbocycles. The van der Waals surface area contributed by atoms with Gasteiger partial charge in [0.2, 0.25) is 6.29 Å². The lowest BCUT2D eigenvalue weighted by Gasteiger charge is -2.64. The van der Waals surface area contributed by atoms with Gasteiger partial charge in [-0.2, -0.15) is 0 Å². The second-order valence-corrected chi connectivity index (χ2v) is 21.9. The molecule has 26 nitrogen and oxygen atoms in total. The minimum atomic E-state index is -1.98. The van der Waals surface area contributed by atoms with Gasteiger partial charge in [0.1, 0.15) is 111 Å². The Labute approximate surface area is 418 Å². The minimum absolute atomic E-state index is 0.0387. The highest BCUT2D eigenvalue weighted by molar-refractivity contribution is 5.90. The third kappa shape index (κ3) is 10.1. The molecule has 4 heterocycles. The average Bonchev–Trinajstić information content (AvgIpc) is 3.54. The van der Waals surface area contributed by atoms with Crippen LogP contribution in [0.1, 0.15) is 78.1 Å². The zero-order chi connectivity index (χ0) is 53.3. The van der Waals surface area contributed by atoms with Crippen molar-refractivity contribution in [3.8, 4) is 0 Å². The molecular weight excluding hydrogens is 980 g/mol. The van der Waals surface area contributed by atoms with Crippen molar-refractivity contribution in [1.82, 2.24) is 0 Å². The molecule has 2 bridgehead atoms. The van der Waals surface area contributed by atoms with Crippen LogP contribution in [-0.4, -0.2) is 244 Å². The standard InChI is InChI=1S/C47H72O26/c1-18-12-46-9-5-23-44(2,7-4-8-45(23,3)43(64)72-41-36(63)33(60)29(56)22(69-41)16-65-26(53)11-25(51)52)24(46)6-10-47(18,17-46)73-42-38(71-40-35(62)32(59)28(55)20(14-49)67-40)37(30(57)21(15-50)68-42)70-39-34(61)31(58)27(54)19(13-48)66-39/h19-24,27-42,48-50,54-63H,1,4-17H2,2-3H3,(H,51,52)/t19-,20-,21-,22-,23+,24+,27-,28-,29-,30-,31+,32+,33+,34-,35-,36-,37+,38-,39+,40+,41+,42+,44-,45-,46-,47-/m1/s1. The smallest absolute Gasteiger partial charge is 0.317 e. The Morgan fingerprint density at radius 3 is 1.68 bits per heavy atom. The Kier molecular flexibility index (Phi) is 16.8. The molecule has 4 saturated heterocycles. The Bertz CT molecular complexity index is 1990. The molecule has 4 aliphatic heterocycles. The lowest BCUT2D eigenvalue weighted by molar-refractivity contribution is -0.400. The number of fused-ring (bicyclic) bond motifs is 3. The van der Waals surface area contributed by atoms with Crippen molar-refractivity contribution >= 4 is 17.9 Å². The molecule has 0 aromatic rings. The predicted molar refractivity (Wildman–Crippen MR) is 235 cm³/mol. The number of carbonyl (C=O) groups excluding carboxylic acids is 2. The minimum Gasteiger partial charge on any atom is -0.481 e. The fraction of sp³-hybridized carbons (Fsp3) is 0.894. The Morgan fingerprint density at radius 2 is 1.11 bits per heavy atom. The van der Waals surface area contributed by atoms with E-state index in [2.05, 4.69) is 13.5 Å². The van der Waals surface area contributed by atoms with E-state index in [1.54, 1.807) is 6.92 Å². The van der Waals surface area contributed by atoms with Crippen molar-refractivity contribution in [2.45, 2.75) is 206 Å². The molecule has 0 radical (unpaired) electrons. The Morgan fingerprint density at radius 1 is 0.603 bits per heavy atom. The molecule has 416 valence electrons. The second kappa shape index (κ2) is 21.6. The summed E-state index contributed by atoms with van der Waals surface area (Å²) in [6.07, 6.45) is -31.8. The van der Waals surface area contributed by atoms with Gasteiger partial charge in [-0.25, -0.2) is 0 Å². The van der Waals surface area contributed by atoms with Gasteiger partial charge < -0.3 is 114 Å². The number of ether oxygens (including phenoxy) is 9. The van der Waals surface area contributed by atoms with Crippen molar-refractivity contribution < 1.29 is 129 Å².